The number of phenolic OH excluding ortho intramolecular Hbond substituents is 1. The Hall–Kier alpha value is -2.96. The molecule has 1 atom stereocenters. The van der Waals surface area contributed by atoms with Crippen LogP contribution in [0.25, 0.3) is 11.3 Å². The van der Waals surface area contributed by atoms with Gasteiger partial charge >= 0.3 is 0 Å². The fraction of sp³-hybridized carbons (Fsp3) is 0.333. The molecule has 0 spiro atoms. The van der Waals surface area contributed by atoms with Crippen molar-refractivity contribution in [1.82, 2.24) is 20.2 Å². The molecule has 2 heterocycles. The highest BCUT2D eigenvalue weighted by atomic mass is 16.3. The summed E-state index contributed by atoms with van der Waals surface area (Å²) in [5, 5.41) is 16.1. The molecule has 156 valence electrons. The molecule has 1 fully saturated rings. The molecular weight excluding hydrogens is 374 g/mol. The van der Waals surface area contributed by atoms with Crippen LogP contribution in [0.2, 0.25) is 0 Å². The van der Waals surface area contributed by atoms with Crippen molar-refractivity contribution in [1.29, 1.82) is 0 Å². The van der Waals surface area contributed by atoms with Gasteiger partial charge in [-0.3, -0.25) is 4.90 Å². The number of hydrogen-bond donors (Lipinski definition) is 3. The van der Waals surface area contributed by atoms with Crippen molar-refractivity contribution in [3.05, 3.63) is 71.9 Å². The van der Waals surface area contributed by atoms with Gasteiger partial charge in [0, 0.05) is 50.5 Å². The first kappa shape index (κ1) is 20.3. The molecule has 4 rings (SSSR count). The molecule has 0 radical (unpaired) electrons. The van der Waals surface area contributed by atoms with Gasteiger partial charge in [0.25, 0.3) is 0 Å². The van der Waals surface area contributed by atoms with E-state index in [2.05, 4.69) is 51.7 Å². The van der Waals surface area contributed by atoms with Crippen LogP contribution in [-0.2, 0) is 6.42 Å². The zero-order valence-electron chi connectivity index (χ0n) is 17.4. The number of anilines is 1. The number of nitrogens with one attached hydrogen (secondary N) is 2. The minimum Gasteiger partial charge on any atom is -0.508 e. The van der Waals surface area contributed by atoms with Gasteiger partial charge in [0.1, 0.15) is 5.75 Å². The molecule has 3 N–H and O–H groups in total. The van der Waals surface area contributed by atoms with Crippen molar-refractivity contribution in [3.63, 3.8) is 0 Å². The van der Waals surface area contributed by atoms with E-state index in [-0.39, 0.29) is 5.75 Å². The topological polar surface area (TPSA) is 73.3 Å². The second-order valence-corrected chi connectivity index (χ2v) is 7.70. The van der Waals surface area contributed by atoms with E-state index in [0.29, 0.717) is 12.0 Å². The van der Waals surface area contributed by atoms with Gasteiger partial charge < -0.3 is 15.7 Å². The summed E-state index contributed by atoms with van der Waals surface area (Å²) >= 11 is 0. The Morgan fingerprint density at radius 2 is 1.90 bits per heavy atom. The molecule has 6 nitrogen and oxygen atoms in total. The zero-order valence-corrected chi connectivity index (χ0v) is 17.4. The third-order valence-corrected chi connectivity index (χ3v) is 5.65. The number of benzene rings is 2. The van der Waals surface area contributed by atoms with Gasteiger partial charge in [0.15, 0.2) is 0 Å². The maximum absolute atomic E-state index is 9.39. The lowest BCUT2D eigenvalue weighted by Crippen LogP contribution is -2.44. The maximum atomic E-state index is 9.39. The fourth-order valence-electron chi connectivity index (χ4n) is 3.82. The largest absolute Gasteiger partial charge is 0.508 e. The van der Waals surface area contributed by atoms with E-state index < -0.39 is 0 Å². The molecule has 1 unspecified atom stereocenters. The summed E-state index contributed by atoms with van der Waals surface area (Å²) in [5.74, 6) is 0.920. The zero-order chi connectivity index (χ0) is 20.8. The highest BCUT2D eigenvalue weighted by Crippen LogP contribution is 2.25. The maximum Gasteiger partial charge on any atom is 0.223 e. The van der Waals surface area contributed by atoms with Gasteiger partial charge in [-0.05, 0) is 48.7 Å². The lowest BCUT2D eigenvalue weighted by molar-refractivity contribution is 0.185. The van der Waals surface area contributed by atoms with Gasteiger partial charge in [-0.25, -0.2) is 9.97 Å². The molecule has 0 bridgehead atoms. The molecule has 6 heteroatoms. The molecule has 0 aliphatic carbocycles. The molecule has 2 aromatic carbocycles. The molecule has 3 aromatic rings. The molecule has 1 aliphatic rings. The van der Waals surface area contributed by atoms with E-state index in [4.69, 9.17) is 4.98 Å². The summed E-state index contributed by atoms with van der Waals surface area (Å²) in [7, 11) is 0. The van der Waals surface area contributed by atoms with Crippen LogP contribution < -0.4 is 10.6 Å². The van der Waals surface area contributed by atoms with Crippen LogP contribution in [0.15, 0.2) is 60.8 Å². The molecule has 0 amide bonds. The number of piperazine rings is 1. The average Bonchev–Trinajstić information content (AvgIpc) is 2.81. The van der Waals surface area contributed by atoms with Crippen molar-refractivity contribution in [2.24, 2.45) is 0 Å². The van der Waals surface area contributed by atoms with Gasteiger partial charge in [-0.2, -0.15) is 0 Å². The lowest BCUT2D eigenvalue weighted by atomic mass is 10.0. The monoisotopic (exact) mass is 403 g/mol. The first-order chi connectivity index (χ1) is 14.7. The molecule has 30 heavy (non-hydrogen) atoms. The Morgan fingerprint density at radius 3 is 2.70 bits per heavy atom. The van der Waals surface area contributed by atoms with Crippen molar-refractivity contribution in [2.75, 3.05) is 38.0 Å². The molecule has 0 saturated carbocycles. The quantitative estimate of drug-likeness (QED) is 0.561. The van der Waals surface area contributed by atoms with E-state index in [1.807, 2.05) is 18.2 Å². The van der Waals surface area contributed by atoms with Gasteiger partial charge in [0.2, 0.25) is 5.95 Å². The molecule has 1 saturated heterocycles. The van der Waals surface area contributed by atoms with E-state index in [1.165, 1.54) is 5.56 Å². The Morgan fingerprint density at radius 1 is 1.10 bits per heavy atom. The molecule has 1 aliphatic heterocycles. The highest BCUT2D eigenvalue weighted by Gasteiger charge is 2.18. The minimum atomic E-state index is 0.288. The summed E-state index contributed by atoms with van der Waals surface area (Å²) in [6, 6.07) is 18.3. The van der Waals surface area contributed by atoms with Crippen LogP contribution >= 0.6 is 0 Å². The van der Waals surface area contributed by atoms with Crippen LogP contribution in [0.4, 0.5) is 5.95 Å². The SMILES string of the molecule is CC(c1cccc(-c2ccnc(NCCc3ccc(O)cc3)n2)c1)N1CCNCC1. The Balaban J connectivity index is 1.42. The Bertz CT molecular complexity index is 954. The fourth-order valence-corrected chi connectivity index (χ4v) is 3.82. The first-order valence-electron chi connectivity index (χ1n) is 10.6. The molecular formula is C24H29N5O. The van der Waals surface area contributed by atoms with Crippen LogP contribution in [0.3, 0.4) is 0 Å². The standard InChI is InChI=1S/C24H29N5O/c1-18(29-15-13-25-14-16-29)20-3-2-4-21(17-20)23-10-12-27-24(28-23)26-11-9-19-5-7-22(30)8-6-19/h2-8,10,12,17-18,25,30H,9,11,13-16H2,1H3,(H,26,27,28). The number of hydrogen-bond acceptors (Lipinski definition) is 6. The van der Waals surface area contributed by atoms with E-state index >= 15 is 0 Å². The van der Waals surface area contributed by atoms with Crippen molar-refractivity contribution >= 4 is 5.95 Å². The lowest BCUT2D eigenvalue weighted by Gasteiger charge is -2.33. The number of phenols is 1. The summed E-state index contributed by atoms with van der Waals surface area (Å²) in [6.45, 7) is 7.27. The normalized spacial score (nSPS) is 15.6. The number of aromatic hydroxyl groups is 1. The van der Waals surface area contributed by atoms with Crippen LogP contribution in [0.1, 0.15) is 24.1 Å². The Kier molecular flexibility index (Phi) is 6.57. The van der Waals surface area contributed by atoms with Crippen molar-refractivity contribution in [3.8, 4) is 17.0 Å². The number of nitrogens with zero attached hydrogens (tertiary/aromatic N) is 3. The van der Waals surface area contributed by atoms with Gasteiger partial charge in [0.05, 0.1) is 5.69 Å². The smallest absolute Gasteiger partial charge is 0.223 e. The van der Waals surface area contributed by atoms with E-state index in [0.717, 1.165) is 56.0 Å². The summed E-state index contributed by atoms with van der Waals surface area (Å²) in [6.07, 6.45) is 2.64. The summed E-state index contributed by atoms with van der Waals surface area (Å²) < 4.78 is 0. The third-order valence-electron chi connectivity index (χ3n) is 5.65. The number of rotatable bonds is 7. The second-order valence-electron chi connectivity index (χ2n) is 7.70. The van der Waals surface area contributed by atoms with Crippen LogP contribution in [-0.4, -0.2) is 52.7 Å². The van der Waals surface area contributed by atoms with Crippen LogP contribution in [0.5, 0.6) is 5.75 Å². The highest BCUT2D eigenvalue weighted by molar-refractivity contribution is 5.61. The van der Waals surface area contributed by atoms with Crippen LogP contribution in [0, 0.1) is 0 Å². The number of aromatic nitrogens is 2. The third kappa shape index (κ3) is 5.14. The van der Waals surface area contributed by atoms with E-state index in [1.54, 1.807) is 18.3 Å². The van der Waals surface area contributed by atoms with Gasteiger partial charge in [-0.1, -0.05) is 30.3 Å². The predicted octanol–water partition coefficient (Wildman–Crippen LogP) is 3.47. The summed E-state index contributed by atoms with van der Waals surface area (Å²) in [5.41, 5.74) is 4.51. The van der Waals surface area contributed by atoms with Crippen molar-refractivity contribution < 1.29 is 5.11 Å². The minimum absolute atomic E-state index is 0.288. The summed E-state index contributed by atoms with van der Waals surface area (Å²) in [4.78, 5) is 11.6. The van der Waals surface area contributed by atoms with Crippen molar-refractivity contribution in [2.45, 2.75) is 19.4 Å². The van der Waals surface area contributed by atoms with Gasteiger partial charge in [-0.15, -0.1) is 0 Å². The predicted molar refractivity (Wildman–Crippen MR) is 121 cm³/mol. The molecule has 1 aromatic heterocycles. The average molecular weight is 404 g/mol. The van der Waals surface area contributed by atoms with E-state index in [9.17, 15) is 5.11 Å². The second kappa shape index (κ2) is 9.69. The first-order valence-corrected chi connectivity index (χ1v) is 10.6. The Labute approximate surface area is 178 Å².